The number of hydrogen-bond donors (Lipinski definition) is 3. The number of halogens is 5. The molecule has 2 rings (SSSR count). The van der Waals surface area contributed by atoms with Crippen LogP contribution >= 0.6 is 0 Å². The first-order chi connectivity index (χ1) is 16.3. The Morgan fingerprint density at radius 1 is 1.20 bits per heavy atom. The van der Waals surface area contributed by atoms with Crippen molar-refractivity contribution in [3.8, 4) is 0 Å². The fourth-order valence-electron chi connectivity index (χ4n) is 3.16. The largest absolute Gasteiger partial charge is 0.416 e. The summed E-state index contributed by atoms with van der Waals surface area (Å²) >= 11 is -2.63. The normalized spacial score (nSPS) is 13.5. The predicted molar refractivity (Wildman–Crippen MR) is 126 cm³/mol. The zero-order valence-electron chi connectivity index (χ0n) is 19.2. The number of hydrogen-bond acceptors (Lipinski definition) is 3. The van der Waals surface area contributed by atoms with Crippen LogP contribution in [0.2, 0.25) is 0 Å². The van der Waals surface area contributed by atoms with E-state index in [2.05, 4.69) is 10.6 Å². The summed E-state index contributed by atoms with van der Waals surface area (Å²) in [5.74, 6) is -2.82. The lowest BCUT2D eigenvalue weighted by Crippen LogP contribution is -2.26. The van der Waals surface area contributed by atoms with Crippen LogP contribution in [-0.2, 0) is 22.2 Å². The third-order valence-corrected chi connectivity index (χ3v) is 5.74. The van der Waals surface area contributed by atoms with Gasteiger partial charge < -0.3 is 10.6 Å². The molecule has 0 spiro atoms. The highest BCUT2D eigenvalue weighted by molar-refractivity contribution is 7.80. The van der Waals surface area contributed by atoms with Gasteiger partial charge in [0.05, 0.1) is 11.6 Å². The van der Waals surface area contributed by atoms with Crippen molar-refractivity contribution < 1.29 is 35.5 Å². The van der Waals surface area contributed by atoms with E-state index in [-0.39, 0.29) is 11.3 Å². The van der Waals surface area contributed by atoms with Gasteiger partial charge in [-0.25, -0.2) is 13.0 Å². The van der Waals surface area contributed by atoms with Crippen LogP contribution in [0.15, 0.2) is 36.4 Å². The molecule has 0 aliphatic heterocycles. The van der Waals surface area contributed by atoms with Crippen molar-refractivity contribution >= 4 is 34.6 Å². The molecule has 35 heavy (non-hydrogen) atoms. The Bertz CT molecular complexity index is 1090. The van der Waals surface area contributed by atoms with Crippen molar-refractivity contribution in [2.45, 2.75) is 38.9 Å². The molecule has 3 N–H and O–H groups in total. The molecule has 2 unspecified atom stereocenters. The molecule has 0 fully saturated rings. The molecule has 192 valence electrons. The Hall–Kier alpha value is -2.99. The zero-order chi connectivity index (χ0) is 26.3. The van der Waals surface area contributed by atoms with Gasteiger partial charge in [-0.1, -0.05) is 19.4 Å². The maximum Gasteiger partial charge on any atom is 0.416 e. The summed E-state index contributed by atoms with van der Waals surface area (Å²) in [6.45, 7) is 3.87. The second-order valence-corrected chi connectivity index (χ2v) is 8.71. The van der Waals surface area contributed by atoms with E-state index in [1.165, 1.54) is 19.1 Å². The fourth-order valence-corrected chi connectivity index (χ4v) is 3.49. The first-order valence-corrected chi connectivity index (χ1v) is 11.7. The monoisotopic (exact) mass is 519 g/mol. The topological polar surface area (TPSA) is 81.7 Å². The van der Waals surface area contributed by atoms with Gasteiger partial charge in [0.1, 0.15) is 5.69 Å². The smallest absolute Gasteiger partial charge is 0.385 e. The van der Waals surface area contributed by atoms with Crippen molar-refractivity contribution in [2.24, 2.45) is 0 Å². The van der Waals surface area contributed by atoms with Crippen LogP contribution in [0, 0.1) is 11.6 Å². The summed E-state index contributed by atoms with van der Waals surface area (Å²) in [6.07, 6.45) is -0.488. The third kappa shape index (κ3) is 7.76. The predicted octanol–water partition coefficient (Wildman–Crippen LogP) is 5.66. The number of anilines is 2. The minimum Gasteiger partial charge on any atom is -0.385 e. The van der Waals surface area contributed by atoms with Crippen LogP contribution in [-0.4, -0.2) is 28.3 Å². The van der Waals surface area contributed by atoms with E-state index in [9.17, 15) is 31.0 Å². The van der Waals surface area contributed by atoms with Crippen LogP contribution in [0.5, 0.6) is 0 Å². The van der Waals surface area contributed by atoms with Crippen LogP contribution in [0.3, 0.4) is 0 Å². The number of nitrogens with zero attached hydrogens (tertiary/aromatic N) is 1. The zero-order valence-corrected chi connectivity index (χ0v) is 20.1. The summed E-state index contributed by atoms with van der Waals surface area (Å²) in [4.78, 5) is 12.4. The van der Waals surface area contributed by atoms with E-state index >= 15 is 0 Å². The SMILES string of the molecule is CCCCNc1cc(C(F)(F)F)ccc1C=CC(=O)NC(C)c1cc(F)c(N(C)S(=O)O)c(F)c1. The fraction of sp³-hybridized carbons (Fsp3) is 0.348. The van der Waals surface area contributed by atoms with E-state index < -0.39 is 52.3 Å². The first kappa shape index (κ1) is 28.2. The lowest BCUT2D eigenvalue weighted by Gasteiger charge is -2.19. The molecule has 0 saturated heterocycles. The minimum atomic E-state index is -4.52. The molecular weight excluding hydrogens is 493 g/mol. The van der Waals surface area contributed by atoms with Crippen LogP contribution in [0.25, 0.3) is 6.08 Å². The van der Waals surface area contributed by atoms with Crippen molar-refractivity contribution in [1.82, 2.24) is 5.32 Å². The van der Waals surface area contributed by atoms with Crippen molar-refractivity contribution in [3.05, 3.63) is 64.7 Å². The van der Waals surface area contributed by atoms with Gasteiger partial charge in [0, 0.05) is 25.4 Å². The average Bonchev–Trinajstić information content (AvgIpc) is 2.76. The molecule has 0 radical (unpaired) electrons. The Balaban J connectivity index is 2.19. The molecule has 2 aromatic carbocycles. The number of alkyl halides is 3. The highest BCUT2D eigenvalue weighted by atomic mass is 32.2. The third-order valence-electron chi connectivity index (χ3n) is 5.09. The van der Waals surface area contributed by atoms with Crippen molar-refractivity contribution in [1.29, 1.82) is 0 Å². The highest BCUT2D eigenvalue weighted by Crippen LogP contribution is 2.33. The lowest BCUT2D eigenvalue weighted by atomic mass is 10.1. The van der Waals surface area contributed by atoms with Crippen LogP contribution in [0.1, 0.15) is 49.4 Å². The molecular formula is C23H26F5N3O3S. The number of carbonyl (C=O) groups is 1. The molecule has 1 amide bonds. The molecule has 0 aliphatic carbocycles. The van der Waals surface area contributed by atoms with E-state index in [1.54, 1.807) is 0 Å². The van der Waals surface area contributed by atoms with Crippen molar-refractivity contribution in [2.75, 3.05) is 23.2 Å². The van der Waals surface area contributed by atoms with Crippen molar-refractivity contribution in [3.63, 3.8) is 0 Å². The number of nitrogens with one attached hydrogen (secondary N) is 2. The summed E-state index contributed by atoms with van der Waals surface area (Å²) in [5, 5.41) is 5.46. The van der Waals surface area contributed by atoms with Gasteiger partial charge in [-0.15, -0.1) is 0 Å². The minimum absolute atomic E-state index is 0.0686. The second-order valence-electron chi connectivity index (χ2n) is 7.71. The number of rotatable bonds is 10. The number of benzene rings is 2. The summed E-state index contributed by atoms with van der Waals surface area (Å²) in [5.41, 5.74) is -0.874. The summed E-state index contributed by atoms with van der Waals surface area (Å²) in [7, 11) is 1.04. The second kappa shape index (κ2) is 12.1. The quantitative estimate of drug-likeness (QED) is 0.164. The Labute approximate surface area is 202 Å². The number of unbranched alkanes of at least 4 members (excludes halogenated alkanes) is 1. The molecule has 0 saturated carbocycles. The van der Waals surface area contributed by atoms with Gasteiger partial charge in [0.2, 0.25) is 5.91 Å². The first-order valence-electron chi connectivity index (χ1n) is 10.6. The highest BCUT2D eigenvalue weighted by Gasteiger charge is 2.31. The Morgan fingerprint density at radius 3 is 2.37 bits per heavy atom. The lowest BCUT2D eigenvalue weighted by molar-refractivity contribution is -0.137. The van der Waals surface area contributed by atoms with Gasteiger partial charge in [0.25, 0.3) is 11.3 Å². The summed E-state index contributed by atoms with van der Waals surface area (Å²) < 4.78 is 88.6. The molecule has 0 heterocycles. The standard InChI is InChI=1S/C23H26F5N3O3S/c1-4-5-10-29-20-13-17(23(26,27)28)8-6-15(20)7-9-21(32)30-14(2)16-11-18(24)22(19(25)12-16)31(3)35(33)34/h6-9,11-14,29H,4-5,10H2,1-3H3,(H,30,32)(H,33,34). The Morgan fingerprint density at radius 2 is 1.83 bits per heavy atom. The summed E-state index contributed by atoms with van der Waals surface area (Å²) in [6, 6.07) is 4.15. The van der Waals surface area contributed by atoms with Gasteiger partial charge in [-0.05, 0) is 54.8 Å². The maximum absolute atomic E-state index is 14.3. The number of carbonyl (C=O) groups excluding carboxylic acids is 1. The van der Waals surface area contributed by atoms with E-state index in [0.29, 0.717) is 16.4 Å². The van der Waals surface area contributed by atoms with Gasteiger partial charge in [-0.2, -0.15) is 13.2 Å². The van der Waals surface area contributed by atoms with Gasteiger partial charge >= 0.3 is 6.18 Å². The van der Waals surface area contributed by atoms with Gasteiger partial charge in [-0.3, -0.25) is 13.7 Å². The molecule has 0 bridgehead atoms. The maximum atomic E-state index is 14.3. The van der Waals surface area contributed by atoms with Gasteiger partial charge in [0.15, 0.2) is 11.6 Å². The molecule has 0 aromatic heterocycles. The van der Waals surface area contributed by atoms with E-state index in [0.717, 1.165) is 50.2 Å². The van der Waals surface area contributed by atoms with Crippen LogP contribution in [0.4, 0.5) is 33.3 Å². The molecule has 12 heteroatoms. The van der Waals surface area contributed by atoms with E-state index in [4.69, 9.17) is 4.55 Å². The van der Waals surface area contributed by atoms with Crippen LogP contribution < -0.4 is 14.9 Å². The molecule has 2 aromatic rings. The molecule has 6 nitrogen and oxygen atoms in total. The molecule has 2 atom stereocenters. The van der Waals surface area contributed by atoms with E-state index in [1.807, 2.05) is 6.92 Å². The Kier molecular flexibility index (Phi) is 9.78. The molecule has 0 aliphatic rings. The average molecular weight is 520 g/mol. The number of amides is 1.